The number of fused-ring (bicyclic) bond motifs is 1. The van der Waals surface area contributed by atoms with Crippen molar-refractivity contribution in [3.8, 4) is 0 Å². The van der Waals surface area contributed by atoms with Crippen LogP contribution in [0.3, 0.4) is 0 Å². The van der Waals surface area contributed by atoms with Crippen molar-refractivity contribution in [2.24, 2.45) is 5.41 Å². The Hall–Kier alpha value is -1.40. The Morgan fingerprint density at radius 1 is 1.52 bits per heavy atom. The molecule has 2 rings (SSSR count). The van der Waals surface area contributed by atoms with E-state index in [1.165, 1.54) is 12.0 Å². The van der Waals surface area contributed by atoms with Gasteiger partial charge in [0, 0.05) is 24.0 Å². The van der Waals surface area contributed by atoms with Crippen LogP contribution in [0, 0.1) is 5.41 Å². The molecule has 1 amide bonds. The number of carbonyl (C=O) groups excluding carboxylic acids is 2. The first kappa shape index (κ1) is 16.0. The molecule has 0 saturated carbocycles. The molecule has 2 heterocycles. The molecular weight excluding hydrogens is 274 g/mol. The lowest BCUT2D eigenvalue weighted by Gasteiger charge is -2.37. The van der Waals surface area contributed by atoms with Gasteiger partial charge in [-0.2, -0.15) is 0 Å². The highest BCUT2D eigenvalue weighted by Crippen LogP contribution is 2.47. The van der Waals surface area contributed by atoms with Crippen molar-refractivity contribution in [1.29, 1.82) is 0 Å². The van der Waals surface area contributed by atoms with Crippen LogP contribution in [0.25, 0.3) is 0 Å². The Morgan fingerprint density at radius 3 is 2.62 bits per heavy atom. The van der Waals surface area contributed by atoms with Crippen LogP contribution in [-0.4, -0.2) is 54.0 Å². The van der Waals surface area contributed by atoms with Gasteiger partial charge < -0.3 is 14.6 Å². The maximum Gasteiger partial charge on any atom is 0.338 e. The number of esters is 1. The van der Waals surface area contributed by atoms with Gasteiger partial charge in [-0.3, -0.25) is 9.69 Å². The third kappa shape index (κ3) is 2.08. The monoisotopic (exact) mass is 297 g/mol. The van der Waals surface area contributed by atoms with E-state index in [4.69, 9.17) is 9.47 Å². The highest BCUT2D eigenvalue weighted by molar-refractivity contribution is 6.06. The lowest BCUT2D eigenvalue weighted by molar-refractivity contribution is -0.157. The van der Waals surface area contributed by atoms with E-state index in [1.54, 1.807) is 6.92 Å². The van der Waals surface area contributed by atoms with E-state index >= 15 is 0 Å². The summed E-state index contributed by atoms with van der Waals surface area (Å²) in [7, 11) is 1.31. The number of aliphatic hydroxyl groups is 1. The van der Waals surface area contributed by atoms with Gasteiger partial charge in [0.2, 0.25) is 0 Å². The topological polar surface area (TPSA) is 76.1 Å². The van der Waals surface area contributed by atoms with Gasteiger partial charge in [0.1, 0.15) is 6.23 Å². The van der Waals surface area contributed by atoms with Crippen molar-refractivity contribution in [2.75, 3.05) is 20.3 Å². The number of amides is 1. The lowest BCUT2D eigenvalue weighted by Crippen LogP contribution is -2.56. The van der Waals surface area contributed by atoms with Crippen molar-refractivity contribution in [3.05, 3.63) is 11.1 Å². The summed E-state index contributed by atoms with van der Waals surface area (Å²) < 4.78 is 10.7. The zero-order valence-electron chi connectivity index (χ0n) is 13.2. The number of ether oxygens (including phenoxy) is 2. The SMILES string of the molecule is COC(=O)[C@]12CO[C@H](C(C)(C)C)N1C(=O)C(CCO)=C2C. The van der Waals surface area contributed by atoms with Crippen LogP contribution in [-0.2, 0) is 19.1 Å². The van der Waals surface area contributed by atoms with Gasteiger partial charge in [0.15, 0.2) is 5.54 Å². The number of carbonyl (C=O) groups is 2. The van der Waals surface area contributed by atoms with Gasteiger partial charge >= 0.3 is 5.97 Å². The zero-order valence-corrected chi connectivity index (χ0v) is 13.2. The van der Waals surface area contributed by atoms with Crippen LogP contribution in [0.15, 0.2) is 11.1 Å². The van der Waals surface area contributed by atoms with Crippen molar-refractivity contribution in [2.45, 2.75) is 45.9 Å². The maximum absolute atomic E-state index is 12.7. The number of rotatable bonds is 3. The summed E-state index contributed by atoms with van der Waals surface area (Å²) in [6.45, 7) is 7.57. The molecule has 0 aromatic rings. The number of hydrogen-bond acceptors (Lipinski definition) is 5. The average molecular weight is 297 g/mol. The average Bonchev–Trinajstić information content (AvgIpc) is 2.90. The van der Waals surface area contributed by atoms with E-state index < -0.39 is 17.7 Å². The van der Waals surface area contributed by atoms with Crippen LogP contribution in [0.2, 0.25) is 0 Å². The normalized spacial score (nSPS) is 29.1. The molecule has 0 aliphatic carbocycles. The molecule has 0 aromatic heterocycles. The molecule has 0 spiro atoms. The summed E-state index contributed by atoms with van der Waals surface area (Å²) in [6, 6.07) is 0. The summed E-state index contributed by atoms with van der Waals surface area (Å²) in [5, 5.41) is 9.18. The molecule has 6 nitrogen and oxygen atoms in total. The van der Waals surface area contributed by atoms with Crippen LogP contribution >= 0.6 is 0 Å². The third-order valence-corrected chi connectivity index (χ3v) is 4.27. The fourth-order valence-electron chi connectivity index (χ4n) is 3.19. The van der Waals surface area contributed by atoms with Crippen LogP contribution in [0.4, 0.5) is 0 Å². The molecule has 0 bridgehead atoms. The van der Waals surface area contributed by atoms with E-state index in [1.807, 2.05) is 20.8 Å². The Labute approximate surface area is 124 Å². The molecule has 118 valence electrons. The maximum atomic E-state index is 12.7. The molecule has 21 heavy (non-hydrogen) atoms. The second-order valence-electron chi connectivity index (χ2n) is 6.63. The lowest BCUT2D eigenvalue weighted by atomic mass is 9.89. The van der Waals surface area contributed by atoms with E-state index in [2.05, 4.69) is 0 Å². The third-order valence-electron chi connectivity index (χ3n) is 4.27. The van der Waals surface area contributed by atoms with Gasteiger partial charge in [-0.15, -0.1) is 0 Å². The molecule has 2 aliphatic rings. The van der Waals surface area contributed by atoms with Crippen molar-refractivity contribution in [3.63, 3.8) is 0 Å². The highest BCUT2D eigenvalue weighted by Gasteiger charge is 2.64. The van der Waals surface area contributed by atoms with E-state index in [0.29, 0.717) is 11.1 Å². The molecule has 1 fully saturated rings. The predicted molar refractivity (Wildman–Crippen MR) is 75.2 cm³/mol. The second-order valence-corrected chi connectivity index (χ2v) is 6.63. The fourth-order valence-corrected chi connectivity index (χ4v) is 3.19. The Morgan fingerprint density at radius 2 is 2.14 bits per heavy atom. The van der Waals surface area contributed by atoms with Crippen molar-refractivity contribution >= 4 is 11.9 Å². The Balaban J connectivity index is 2.56. The molecule has 6 heteroatoms. The Kier molecular flexibility index (Phi) is 3.88. The van der Waals surface area contributed by atoms with E-state index in [-0.39, 0.29) is 31.0 Å². The van der Waals surface area contributed by atoms with Crippen LogP contribution in [0.1, 0.15) is 34.1 Å². The largest absolute Gasteiger partial charge is 0.467 e. The smallest absolute Gasteiger partial charge is 0.338 e. The summed E-state index contributed by atoms with van der Waals surface area (Å²) in [4.78, 5) is 26.6. The van der Waals surface area contributed by atoms with Crippen LogP contribution in [0.5, 0.6) is 0 Å². The molecule has 1 N–H and O–H groups in total. The molecule has 2 atom stereocenters. The minimum absolute atomic E-state index is 0.0914. The highest BCUT2D eigenvalue weighted by atomic mass is 16.6. The number of aliphatic hydroxyl groups excluding tert-OH is 1. The first-order valence-corrected chi connectivity index (χ1v) is 7.06. The summed E-state index contributed by atoms with van der Waals surface area (Å²) >= 11 is 0. The van der Waals surface area contributed by atoms with Gasteiger partial charge in [0.25, 0.3) is 5.91 Å². The molecule has 2 aliphatic heterocycles. The van der Waals surface area contributed by atoms with E-state index in [9.17, 15) is 14.7 Å². The van der Waals surface area contributed by atoms with Crippen molar-refractivity contribution in [1.82, 2.24) is 4.90 Å². The zero-order chi connectivity index (χ0) is 16.0. The quantitative estimate of drug-likeness (QED) is 0.781. The summed E-state index contributed by atoms with van der Waals surface area (Å²) in [6.07, 6.45) is -0.271. The molecule has 0 unspecified atom stereocenters. The predicted octanol–water partition coefficient (Wildman–Crippen LogP) is 0.842. The summed E-state index contributed by atoms with van der Waals surface area (Å²) in [5.74, 6) is -0.739. The standard InChI is InChI=1S/C15H23NO5/c1-9-10(6-7-17)11(18)16-12(14(2,3)4)21-8-15(9,16)13(19)20-5/h12,17H,6-8H2,1-5H3/t12-,15-/m1/s1. The van der Waals surface area contributed by atoms with E-state index in [0.717, 1.165) is 0 Å². The first-order chi connectivity index (χ1) is 9.71. The molecular formula is C15H23NO5. The Bertz CT molecular complexity index is 505. The number of hydrogen-bond donors (Lipinski definition) is 1. The second kappa shape index (κ2) is 5.10. The number of methoxy groups -OCH3 is 1. The van der Waals surface area contributed by atoms with Gasteiger partial charge in [0.05, 0.1) is 13.7 Å². The van der Waals surface area contributed by atoms with Gasteiger partial charge in [-0.25, -0.2) is 4.79 Å². The molecule has 1 saturated heterocycles. The minimum atomic E-state index is -1.19. The summed E-state index contributed by atoms with van der Waals surface area (Å²) in [5.41, 5.74) is -0.408. The molecule has 0 aromatic carbocycles. The fraction of sp³-hybridized carbons (Fsp3) is 0.733. The minimum Gasteiger partial charge on any atom is -0.467 e. The van der Waals surface area contributed by atoms with Gasteiger partial charge in [-0.05, 0) is 12.5 Å². The molecule has 0 radical (unpaired) electrons. The van der Waals surface area contributed by atoms with Crippen LogP contribution < -0.4 is 0 Å². The first-order valence-electron chi connectivity index (χ1n) is 7.06. The van der Waals surface area contributed by atoms with Gasteiger partial charge in [-0.1, -0.05) is 20.8 Å². The van der Waals surface area contributed by atoms with Crippen molar-refractivity contribution < 1.29 is 24.2 Å². The number of nitrogens with zero attached hydrogens (tertiary/aromatic N) is 1.